The van der Waals surface area contributed by atoms with Crippen LogP contribution in [0.2, 0.25) is 0 Å². The summed E-state index contributed by atoms with van der Waals surface area (Å²) < 4.78 is 4.75. The molecule has 0 saturated heterocycles. The molecule has 1 atom stereocenters. The number of nitrogens with one attached hydrogen (secondary N) is 1. The molecule has 78 valence electrons. The van der Waals surface area contributed by atoms with E-state index >= 15 is 0 Å². The van der Waals surface area contributed by atoms with Gasteiger partial charge in [-0.1, -0.05) is 11.2 Å². The molecule has 0 aliphatic carbocycles. The van der Waals surface area contributed by atoms with Crippen LogP contribution in [0.5, 0.6) is 0 Å². The van der Waals surface area contributed by atoms with Crippen LogP contribution in [0.3, 0.4) is 0 Å². The van der Waals surface area contributed by atoms with Crippen molar-refractivity contribution in [3.63, 3.8) is 0 Å². The van der Waals surface area contributed by atoms with Crippen molar-refractivity contribution >= 4 is 0 Å². The summed E-state index contributed by atoms with van der Waals surface area (Å²) in [5.74, 6) is 0. The van der Waals surface area contributed by atoms with Crippen molar-refractivity contribution < 1.29 is 4.52 Å². The summed E-state index contributed by atoms with van der Waals surface area (Å²) in [5.41, 5.74) is 2.08. The van der Waals surface area contributed by atoms with Crippen LogP contribution in [0.4, 0.5) is 0 Å². The van der Waals surface area contributed by atoms with Crippen molar-refractivity contribution in [2.24, 2.45) is 0 Å². The Labute approximate surface area is 88.3 Å². The van der Waals surface area contributed by atoms with Gasteiger partial charge in [-0.15, -0.1) is 0 Å². The van der Waals surface area contributed by atoms with Crippen molar-refractivity contribution in [2.75, 3.05) is 0 Å². The Morgan fingerprint density at radius 3 is 3.07 bits per heavy atom. The molecule has 1 unspecified atom stereocenters. The summed E-state index contributed by atoms with van der Waals surface area (Å²) >= 11 is 0. The summed E-state index contributed by atoms with van der Waals surface area (Å²) in [7, 11) is 0. The predicted octanol–water partition coefficient (Wildman–Crippen LogP) is 1.92. The molecular formula is C11H13N3O. The molecule has 0 saturated carbocycles. The first-order chi connectivity index (χ1) is 7.36. The van der Waals surface area contributed by atoms with E-state index in [2.05, 4.69) is 22.4 Å². The summed E-state index contributed by atoms with van der Waals surface area (Å²) in [4.78, 5) is 4.08. The molecule has 2 aromatic rings. The van der Waals surface area contributed by atoms with Crippen LogP contribution in [0.1, 0.15) is 24.2 Å². The lowest BCUT2D eigenvalue weighted by molar-refractivity contribution is 0.406. The van der Waals surface area contributed by atoms with E-state index in [1.54, 1.807) is 12.5 Å². The molecule has 0 amide bonds. The van der Waals surface area contributed by atoms with Gasteiger partial charge in [-0.2, -0.15) is 0 Å². The average molecular weight is 203 g/mol. The first-order valence-electron chi connectivity index (χ1n) is 4.89. The fourth-order valence-corrected chi connectivity index (χ4v) is 1.34. The molecule has 0 aliphatic heterocycles. The van der Waals surface area contributed by atoms with E-state index in [-0.39, 0.29) is 6.04 Å². The minimum Gasteiger partial charge on any atom is -0.364 e. The maximum absolute atomic E-state index is 4.75. The fourth-order valence-electron chi connectivity index (χ4n) is 1.34. The molecule has 0 radical (unpaired) electrons. The number of aromatic nitrogens is 2. The highest BCUT2D eigenvalue weighted by Gasteiger charge is 2.05. The van der Waals surface area contributed by atoms with E-state index in [4.69, 9.17) is 4.52 Å². The molecule has 15 heavy (non-hydrogen) atoms. The maximum Gasteiger partial charge on any atom is 0.124 e. The van der Waals surface area contributed by atoms with Crippen LogP contribution in [0.15, 0.2) is 41.4 Å². The van der Waals surface area contributed by atoms with Gasteiger partial charge in [0.2, 0.25) is 0 Å². The van der Waals surface area contributed by atoms with Gasteiger partial charge in [0.05, 0.1) is 5.69 Å². The van der Waals surface area contributed by atoms with Crippen LogP contribution in [-0.4, -0.2) is 10.1 Å². The molecule has 0 fully saturated rings. The number of pyridine rings is 1. The van der Waals surface area contributed by atoms with Crippen LogP contribution in [0, 0.1) is 0 Å². The first kappa shape index (κ1) is 9.86. The zero-order valence-electron chi connectivity index (χ0n) is 8.55. The number of nitrogens with zero attached hydrogens (tertiary/aromatic N) is 2. The molecule has 1 N–H and O–H groups in total. The molecule has 0 bridgehead atoms. The summed E-state index contributed by atoms with van der Waals surface area (Å²) in [6, 6.07) is 6.09. The molecule has 2 rings (SSSR count). The van der Waals surface area contributed by atoms with Gasteiger partial charge in [0, 0.05) is 31.0 Å². The number of hydrogen-bond donors (Lipinski definition) is 1. The Kier molecular flexibility index (Phi) is 3.09. The third-order valence-electron chi connectivity index (χ3n) is 2.27. The minimum atomic E-state index is 0.260. The Morgan fingerprint density at radius 1 is 1.47 bits per heavy atom. The third-order valence-corrected chi connectivity index (χ3v) is 2.27. The standard InChI is InChI=1S/C11H13N3O/c1-9(10-3-2-5-12-7-10)13-8-11-4-6-15-14-11/h2-7,9,13H,8H2,1H3. The number of hydrogen-bond acceptors (Lipinski definition) is 4. The third kappa shape index (κ3) is 2.63. The summed E-state index contributed by atoms with van der Waals surface area (Å²) in [6.07, 6.45) is 5.21. The van der Waals surface area contributed by atoms with Gasteiger partial charge < -0.3 is 9.84 Å². The van der Waals surface area contributed by atoms with Gasteiger partial charge in [0.15, 0.2) is 0 Å². The van der Waals surface area contributed by atoms with E-state index in [1.165, 1.54) is 5.56 Å². The maximum atomic E-state index is 4.75. The Balaban J connectivity index is 1.90. The van der Waals surface area contributed by atoms with Gasteiger partial charge in [0.1, 0.15) is 6.26 Å². The van der Waals surface area contributed by atoms with E-state index in [0.717, 1.165) is 5.69 Å². The lowest BCUT2D eigenvalue weighted by atomic mass is 10.1. The zero-order valence-corrected chi connectivity index (χ0v) is 8.55. The van der Waals surface area contributed by atoms with Crippen LogP contribution < -0.4 is 5.32 Å². The van der Waals surface area contributed by atoms with Gasteiger partial charge in [-0.25, -0.2) is 0 Å². The van der Waals surface area contributed by atoms with Crippen molar-refractivity contribution in [2.45, 2.75) is 19.5 Å². The van der Waals surface area contributed by atoms with Crippen molar-refractivity contribution in [1.29, 1.82) is 0 Å². The first-order valence-corrected chi connectivity index (χ1v) is 4.89. The van der Waals surface area contributed by atoms with Crippen molar-refractivity contribution in [3.8, 4) is 0 Å². The second-order valence-corrected chi connectivity index (χ2v) is 3.38. The fraction of sp³-hybridized carbons (Fsp3) is 0.273. The van der Waals surface area contributed by atoms with Gasteiger partial charge >= 0.3 is 0 Å². The van der Waals surface area contributed by atoms with Crippen LogP contribution in [0.25, 0.3) is 0 Å². The SMILES string of the molecule is CC(NCc1ccon1)c1cccnc1. The van der Waals surface area contributed by atoms with Crippen LogP contribution >= 0.6 is 0 Å². The van der Waals surface area contributed by atoms with Crippen LogP contribution in [-0.2, 0) is 6.54 Å². The molecule has 2 aromatic heterocycles. The molecule has 4 heteroatoms. The zero-order chi connectivity index (χ0) is 10.5. The highest BCUT2D eigenvalue weighted by atomic mass is 16.5. The molecule has 0 aliphatic rings. The topological polar surface area (TPSA) is 51.0 Å². The average Bonchev–Trinajstić information content (AvgIpc) is 2.80. The quantitative estimate of drug-likeness (QED) is 0.824. The van der Waals surface area contributed by atoms with E-state index in [9.17, 15) is 0 Å². The largest absolute Gasteiger partial charge is 0.364 e. The van der Waals surface area contributed by atoms with Crippen molar-refractivity contribution in [3.05, 3.63) is 48.1 Å². The lowest BCUT2D eigenvalue weighted by Crippen LogP contribution is -2.18. The highest BCUT2D eigenvalue weighted by molar-refractivity contribution is 5.13. The number of rotatable bonds is 4. The van der Waals surface area contributed by atoms with Gasteiger partial charge in [-0.05, 0) is 18.6 Å². The predicted molar refractivity (Wildman–Crippen MR) is 56.0 cm³/mol. The normalized spacial score (nSPS) is 12.6. The van der Waals surface area contributed by atoms with E-state index in [0.29, 0.717) is 6.54 Å². The highest BCUT2D eigenvalue weighted by Crippen LogP contribution is 2.10. The Bertz CT molecular complexity index is 385. The molecule has 4 nitrogen and oxygen atoms in total. The second-order valence-electron chi connectivity index (χ2n) is 3.38. The van der Waals surface area contributed by atoms with Gasteiger partial charge in [0.25, 0.3) is 0 Å². The van der Waals surface area contributed by atoms with E-state index < -0.39 is 0 Å². The lowest BCUT2D eigenvalue weighted by Gasteiger charge is -2.12. The molecule has 2 heterocycles. The second kappa shape index (κ2) is 4.70. The minimum absolute atomic E-state index is 0.260. The van der Waals surface area contributed by atoms with Crippen molar-refractivity contribution in [1.82, 2.24) is 15.5 Å². The summed E-state index contributed by atoms with van der Waals surface area (Å²) in [5, 5.41) is 7.17. The Hall–Kier alpha value is -1.68. The van der Waals surface area contributed by atoms with E-state index in [1.807, 2.05) is 24.4 Å². The summed E-state index contributed by atoms with van der Waals surface area (Å²) in [6.45, 7) is 2.80. The Morgan fingerprint density at radius 2 is 2.40 bits per heavy atom. The smallest absolute Gasteiger partial charge is 0.124 e. The monoisotopic (exact) mass is 203 g/mol. The molecular weight excluding hydrogens is 190 g/mol. The molecule has 0 aromatic carbocycles. The molecule has 0 spiro atoms. The van der Waals surface area contributed by atoms with Gasteiger partial charge in [-0.3, -0.25) is 4.98 Å².